The van der Waals surface area contributed by atoms with Crippen molar-refractivity contribution in [2.45, 2.75) is 33.3 Å². The van der Waals surface area contributed by atoms with Crippen molar-refractivity contribution in [1.82, 2.24) is 0 Å². The molecule has 0 aliphatic carbocycles. The average Bonchev–Trinajstić information content (AvgIpc) is 2.01. The maximum Gasteiger partial charge on any atom is 0.334 e. The summed E-state index contributed by atoms with van der Waals surface area (Å²) < 4.78 is 10.2. The van der Waals surface area contributed by atoms with Crippen molar-refractivity contribution >= 4 is 5.97 Å². The summed E-state index contributed by atoms with van der Waals surface area (Å²) in [4.78, 5) is 11.1. The van der Waals surface area contributed by atoms with Gasteiger partial charge in [-0.25, -0.2) is 4.79 Å². The lowest BCUT2D eigenvalue weighted by Crippen LogP contribution is -2.34. The molecule has 0 aromatic carbocycles. The van der Waals surface area contributed by atoms with E-state index in [-0.39, 0.29) is 17.5 Å². The number of carbonyl (C=O) groups excluding carboxylic acids is 1. The number of hydrogen-bond donors (Lipinski definition) is 0. The highest BCUT2D eigenvalue weighted by Gasteiger charge is 2.32. The van der Waals surface area contributed by atoms with Crippen molar-refractivity contribution in [3.8, 4) is 0 Å². The molecule has 0 amide bonds. The highest BCUT2D eigenvalue weighted by Crippen LogP contribution is 2.30. The van der Waals surface area contributed by atoms with Crippen LogP contribution < -0.4 is 0 Å². The second-order valence-electron chi connectivity index (χ2n) is 4.31. The molecule has 0 aromatic rings. The van der Waals surface area contributed by atoms with Crippen LogP contribution in [-0.4, -0.2) is 19.2 Å². The van der Waals surface area contributed by atoms with Gasteiger partial charge in [-0.3, -0.25) is 0 Å². The molecule has 1 unspecified atom stereocenters. The van der Waals surface area contributed by atoms with Gasteiger partial charge < -0.3 is 9.47 Å². The van der Waals surface area contributed by atoms with Crippen LogP contribution in [0.2, 0.25) is 0 Å². The lowest BCUT2D eigenvalue weighted by molar-refractivity contribution is -0.151. The van der Waals surface area contributed by atoms with Gasteiger partial charge in [-0.2, -0.15) is 0 Å². The normalized spacial score (nSPS) is 23.5. The summed E-state index contributed by atoms with van der Waals surface area (Å²) in [6.07, 6.45) is 1.99. The molecule has 0 fully saturated rings. The fraction of sp³-hybridized carbons (Fsp3) is 0.700. The minimum Gasteiger partial charge on any atom is -0.501 e. The van der Waals surface area contributed by atoms with E-state index < -0.39 is 0 Å². The highest BCUT2D eigenvalue weighted by molar-refractivity contribution is 5.83. The van der Waals surface area contributed by atoms with Crippen LogP contribution in [0.4, 0.5) is 0 Å². The molecule has 3 nitrogen and oxygen atoms in total. The van der Waals surface area contributed by atoms with Gasteiger partial charge in [0.05, 0.1) is 13.2 Å². The van der Waals surface area contributed by atoms with Crippen molar-refractivity contribution in [3.63, 3.8) is 0 Å². The predicted octanol–water partition coefficient (Wildman–Crippen LogP) is 1.88. The second-order valence-corrected chi connectivity index (χ2v) is 4.31. The van der Waals surface area contributed by atoms with Gasteiger partial charge in [0.15, 0.2) is 0 Å². The standard InChI is InChI=1S/C10H16O3/c1-10(2,3)8-5-7(12-4)6-9(11)13-8/h6,8H,5H2,1-4H3. The second kappa shape index (κ2) is 3.40. The molecule has 0 aromatic heterocycles. The monoisotopic (exact) mass is 184 g/mol. The molecule has 0 saturated carbocycles. The summed E-state index contributed by atoms with van der Waals surface area (Å²) in [6.45, 7) is 6.14. The van der Waals surface area contributed by atoms with E-state index in [1.165, 1.54) is 6.08 Å². The number of carbonyl (C=O) groups is 1. The Bertz CT molecular complexity index is 235. The zero-order valence-corrected chi connectivity index (χ0v) is 8.59. The van der Waals surface area contributed by atoms with E-state index in [0.717, 1.165) is 0 Å². The molecule has 0 radical (unpaired) electrons. The molecule has 13 heavy (non-hydrogen) atoms. The van der Waals surface area contributed by atoms with E-state index in [1.54, 1.807) is 7.11 Å². The zero-order valence-electron chi connectivity index (χ0n) is 8.59. The van der Waals surface area contributed by atoms with Gasteiger partial charge in [-0.15, -0.1) is 0 Å². The lowest BCUT2D eigenvalue weighted by Gasteiger charge is -2.32. The quantitative estimate of drug-likeness (QED) is 0.584. The van der Waals surface area contributed by atoms with E-state index >= 15 is 0 Å². The van der Waals surface area contributed by atoms with Gasteiger partial charge in [-0.05, 0) is 5.41 Å². The van der Waals surface area contributed by atoms with Crippen LogP contribution in [-0.2, 0) is 14.3 Å². The van der Waals surface area contributed by atoms with Crippen molar-refractivity contribution in [2.24, 2.45) is 5.41 Å². The third-order valence-electron chi connectivity index (χ3n) is 2.15. The molecule has 0 spiro atoms. The summed E-state index contributed by atoms with van der Waals surface area (Å²) in [5.41, 5.74) is -0.0340. The number of esters is 1. The molecule has 74 valence electrons. The molecule has 3 heteroatoms. The Labute approximate surface area is 78.7 Å². The largest absolute Gasteiger partial charge is 0.501 e. The summed E-state index contributed by atoms with van der Waals surface area (Å²) in [5, 5.41) is 0. The maximum atomic E-state index is 11.1. The van der Waals surface area contributed by atoms with Crippen molar-refractivity contribution in [1.29, 1.82) is 0 Å². The maximum absolute atomic E-state index is 11.1. The number of methoxy groups -OCH3 is 1. The first-order valence-electron chi connectivity index (χ1n) is 4.38. The van der Waals surface area contributed by atoms with Gasteiger partial charge in [0.25, 0.3) is 0 Å². The predicted molar refractivity (Wildman–Crippen MR) is 49.0 cm³/mol. The molecule has 1 rings (SSSR count). The van der Waals surface area contributed by atoms with Crippen LogP contribution >= 0.6 is 0 Å². The number of hydrogen-bond acceptors (Lipinski definition) is 3. The lowest BCUT2D eigenvalue weighted by atomic mass is 9.86. The van der Waals surface area contributed by atoms with Crippen LogP contribution in [0.1, 0.15) is 27.2 Å². The number of ether oxygens (including phenoxy) is 2. The average molecular weight is 184 g/mol. The highest BCUT2D eigenvalue weighted by atomic mass is 16.6. The summed E-state index contributed by atoms with van der Waals surface area (Å²) >= 11 is 0. The minimum absolute atomic E-state index is 0.0340. The van der Waals surface area contributed by atoms with E-state index in [0.29, 0.717) is 12.2 Å². The van der Waals surface area contributed by atoms with Gasteiger partial charge in [-0.1, -0.05) is 20.8 Å². The van der Waals surface area contributed by atoms with E-state index in [1.807, 2.05) is 20.8 Å². The molecule has 0 saturated heterocycles. The van der Waals surface area contributed by atoms with Gasteiger partial charge in [0, 0.05) is 6.42 Å². The smallest absolute Gasteiger partial charge is 0.334 e. The van der Waals surface area contributed by atoms with E-state index in [9.17, 15) is 4.79 Å². The number of cyclic esters (lactones) is 1. The Balaban J connectivity index is 2.75. The van der Waals surface area contributed by atoms with Crippen LogP contribution in [0.25, 0.3) is 0 Å². The third-order valence-corrected chi connectivity index (χ3v) is 2.15. The fourth-order valence-electron chi connectivity index (χ4n) is 1.21. The first-order chi connectivity index (χ1) is 5.93. The molecule has 0 bridgehead atoms. The first-order valence-corrected chi connectivity index (χ1v) is 4.38. The Morgan fingerprint density at radius 2 is 2.15 bits per heavy atom. The van der Waals surface area contributed by atoms with Crippen LogP contribution in [0.3, 0.4) is 0 Å². The summed E-state index contributed by atoms with van der Waals surface area (Å²) in [5.74, 6) is 0.402. The first kappa shape index (κ1) is 10.1. The van der Waals surface area contributed by atoms with Gasteiger partial charge in [0.2, 0.25) is 0 Å². The number of rotatable bonds is 1. The molecule has 1 atom stereocenters. The van der Waals surface area contributed by atoms with E-state index in [2.05, 4.69) is 0 Å². The molecular formula is C10H16O3. The Morgan fingerprint density at radius 1 is 1.54 bits per heavy atom. The molecule has 0 N–H and O–H groups in total. The zero-order chi connectivity index (χ0) is 10.1. The van der Waals surface area contributed by atoms with Gasteiger partial charge in [0.1, 0.15) is 11.9 Å². The molecule has 1 heterocycles. The summed E-state index contributed by atoms with van der Waals surface area (Å²) in [7, 11) is 1.57. The van der Waals surface area contributed by atoms with Gasteiger partial charge >= 0.3 is 5.97 Å². The molecule has 1 aliphatic rings. The Hall–Kier alpha value is -0.990. The minimum atomic E-state index is -0.303. The van der Waals surface area contributed by atoms with Crippen molar-refractivity contribution in [2.75, 3.05) is 7.11 Å². The van der Waals surface area contributed by atoms with Crippen LogP contribution in [0.5, 0.6) is 0 Å². The Kier molecular flexibility index (Phi) is 2.64. The SMILES string of the molecule is COC1=CC(=O)OC(C(C)(C)C)C1. The van der Waals surface area contributed by atoms with Crippen molar-refractivity contribution < 1.29 is 14.3 Å². The topological polar surface area (TPSA) is 35.5 Å². The van der Waals surface area contributed by atoms with Crippen LogP contribution in [0.15, 0.2) is 11.8 Å². The summed E-state index contributed by atoms with van der Waals surface area (Å²) in [6, 6.07) is 0. The Morgan fingerprint density at radius 3 is 2.62 bits per heavy atom. The molecule has 1 aliphatic heterocycles. The third kappa shape index (κ3) is 2.47. The molecular weight excluding hydrogens is 168 g/mol. The van der Waals surface area contributed by atoms with Crippen LogP contribution in [0, 0.1) is 5.41 Å². The van der Waals surface area contributed by atoms with Crippen molar-refractivity contribution in [3.05, 3.63) is 11.8 Å². The van der Waals surface area contributed by atoms with E-state index in [4.69, 9.17) is 9.47 Å². The fourth-order valence-corrected chi connectivity index (χ4v) is 1.21.